The van der Waals surface area contributed by atoms with Crippen LogP contribution in [0.2, 0.25) is 0 Å². The first-order chi connectivity index (χ1) is 13.1. The number of aliphatic carboxylic acids is 1. The molecule has 1 N–H and O–H groups in total. The minimum atomic E-state index is -1.40. The van der Waals surface area contributed by atoms with Gasteiger partial charge in [-0.1, -0.05) is 36.4 Å². The molecule has 7 nitrogen and oxygen atoms in total. The van der Waals surface area contributed by atoms with Gasteiger partial charge >= 0.3 is 5.97 Å². The van der Waals surface area contributed by atoms with Gasteiger partial charge in [0.05, 0.1) is 22.5 Å². The number of allylic oxidation sites excluding steroid dienone is 1. The number of aromatic nitrogens is 1. The molecule has 2 aromatic carbocycles. The van der Waals surface area contributed by atoms with Crippen LogP contribution in [0.3, 0.4) is 0 Å². The van der Waals surface area contributed by atoms with Crippen molar-refractivity contribution < 1.29 is 19.5 Å². The molecule has 0 aliphatic heterocycles. The van der Waals surface area contributed by atoms with Crippen LogP contribution in [0.25, 0.3) is 16.5 Å². The number of benzene rings is 2. The summed E-state index contributed by atoms with van der Waals surface area (Å²) in [7, 11) is 0. The van der Waals surface area contributed by atoms with Crippen LogP contribution in [0.1, 0.15) is 16.1 Å². The largest absolute Gasteiger partial charge is 0.478 e. The number of hydrogen-bond donors (Lipinski definition) is 1. The number of ketones is 2. The molecule has 1 aromatic heterocycles. The van der Waals surface area contributed by atoms with Crippen LogP contribution in [0.5, 0.6) is 0 Å². The van der Waals surface area contributed by atoms with E-state index in [9.17, 15) is 19.5 Å². The third kappa shape index (κ3) is 2.81. The Hall–Kier alpha value is -4.00. The Labute approximate surface area is 152 Å². The fraction of sp³-hybridized carbons (Fsp3) is 0. The molecule has 0 saturated heterocycles. The third-order valence-electron chi connectivity index (χ3n) is 4.10. The lowest BCUT2D eigenvalue weighted by molar-refractivity contribution is -0.130. The van der Waals surface area contributed by atoms with Gasteiger partial charge in [-0.2, -0.15) is 5.11 Å². The first-order valence-corrected chi connectivity index (χ1v) is 8.00. The van der Waals surface area contributed by atoms with E-state index in [1.54, 1.807) is 54.6 Å². The van der Waals surface area contributed by atoms with E-state index in [1.807, 2.05) is 0 Å². The lowest BCUT2D eigenvalue weighted by Crippen LogP contribution is -2.26. The summed E-state index contributed by atoms with van der Waals surface area (Å²) >= 11 is 0. The lowest BCUT2D eigenvalue weighted by Gasteiger charge is -2.16. The zero-order valence-electron chi connectivity index (χ0n) is 13.8. The van der Waals surface area contributed by atoms with Crippen LogP contribution >= 0.6 is 0 Å². The predicted molar refractivity (Wildman–Crippen MR) is 96.6 cm³/mol. The average Bonchev–Trinajstić information content (AvgIpc) is 2.69. The SMILES string of the molecule is O=C(O)C1=C(N=Nc2ccccc2)C(=O)C(=O)c2cc3ccccc3nc21. The second kappa shape index (κ2) is 6.38. The molecule has 7 heteroatoms. The number of nitrogens with zero attached hydrogens (tertiary/aromatic N) is 3. The number of Topliss-reactive ketones (excluding diaryl/α,β-unsaturated/α-hetero) is 2. The molecule has 0 fully saturated rings. The molecule has 0 spiro atoms. The molecule has 4 rings (SSSR count). The summed E-state index contributed by atoms with van der Waals surface area (Å²) in [6, 6.07) is 16.9. The fourth-order valence-corrected chi connectivity index (χ4v) is 2.84. The Morgan fingerprint density at radius 2 is 1.59 bits per heavy atom. The molecular formula is C20H11N3O4. The number of azo groups is 1. The molecule has 27 heavy (non-hydrogen) atoms. The first kappa shape index (κ1) is 16.5. The molecule has 0 bridgehead atoms. The van der Waals surface area contributed by atoms with Crippen molar-refractivity contribution in [2.75, 3.05) is 0 Å². The normalized spacial score (nSPS) is 14.1. The van der Waals surface area contributed by atoms with Gasteiger partial charge in [0.1, 0.15) is 5.57 Å². The van der Waals surface area contributed by atoms with Gasteiger partial charge in [-0.15, -0.1) is 5.11 Å². The maximum atomic E-state index is 12.5. The zero-order chi connectivity index (χ0) is 19.0. The highest BCUT2D eigenvalue weighted by Gasteiger charge is 2.37. The summed E-state index contributed by atoms with van der Waals surface area (Å²) in [4.78, 5) is 41.2. The summed E-state index contributed by atoms with van der Waals surface area (Å²) in [5.74, 6) is -3.27. The zero-order valence-corrected chi connectivity index (χ0v) is 13.8. The molecule has 130 valence electrons. The van der Waals surface area contributed by atoms with E-state index in [1.165, 1.54) is 6.07 Å². The highest BCUT2D eigenvalue weighted by molar-refractivity contribution is 6.54. The first-order valence-electron chi connectivity index (χ1n) is 8.00. The van der Waals surface area contributed by atoms with Crippen LogP contribution in [-0.2, 0) is 9.59 Å². The summed E-state index contributed by atoms with van der Waals surface area (Å²) in [5, 5.41) is 18.0. The highest BCUT2D eigenvalue weighted by atomic mass is 16.4. The maximum Gasteiger partial charge on any atom is 0.340 e. The van der Waals surface area contributed by atoms with E-state index >= 15 is 0 Å². The topological polar surface area (TPSA) is 109 Å². The number of carbonyl (C=O) groups is 3. The molecule has 3 aromatic rings. The molecule has 0 radical (unpaired) electrons. The second-order valence-corrected chi connectivity index (χ2v) is 5.80. The molecule has 0 unspecified atom stereocenters. The van der Waals surface area contributed by atoms with Crippen LogP contribution < -0.4 is 0 Å². The summed E-state index contributed by atoms with van der Waals surface area (Å²) in [5.41, 5.74) is -0.141. The quantitative estimate of drug-likeness (QED) is 0.569. The number of carbonyl (C=O) groups excluding carboxylic acids is 2. The molecule has 1 aliphatic carbocycles. The highest BCUT2D eigenvalue weighted by Crippen LogP contribution is 2.32. The second-order valence-electron chi connectivity index (χ2n) is 5.80. The van der Waals surface area contributed by atoms with Gasteiger partial charge in [0, 0.05) is 5.39 Å². The van der Waals surface area contributed by atoms with Gasteiger partial charge < -0.3 is 5.11 Å². The summed E-state index contributed by atoms with van der Waals surface area (Å²) in [6.45, 7) is 0. The Bertz CT molecular complexity index is 1180. The number of hydrogen-bond acceptors (Lipinski definition) is 6. The molecule has 0 saturated carbocycles. The van der Waals surface area contributed by atoms with Gasteiger partial charge in [0.2, 0.25) is 5.78 Å². The maximum absolute atomic E-state index is 12.5. The van der Waals surface area contributed by atoms with Crippen LogP contribution in [-0.4, -0.2) is 27.6 Å². The Morgan fingerprint density at radius 3 is 2.33 bits per heavy atom. The van der Waals surface area contributed by atoms with Crippen molar-refractivity contribution in [3.05, 3.63) is 77.6 Å². The van der Waals surface area contributed by atoms with Crippen molar-refractivity contribution >= 4 is 39.7 Å². The lowest BCUT2D eigenvalue weighted by atomic mass is 9.90. The van der Waals surface area contributed by atoms with Crippen LogP contribution in [0.4, 0.5) is 5.69 Å². The molecule has 0 amide bonds. The number of fused-ring (bicyclic) bond motifs is 2. The van der Waals surface area contributed by atoms with Crippen molar-refractivity contribution in [3.63, 3.8) is 0 Å². The minimum absolute atomic E-state index is 0.0465. The molecular weight excluding hydrogens is 346 g/mol. The van der Waals surface area contributed by atoms with Gasteiger partial charge in [-0.25, -0.2) is 9.78 Å². The summed E-state index contributed by atoms with van der Waals surface area (Å²) in [6.07, 6.45) is 0. The van der Waals surface area contributed by atoms with E-state index in [-0.39, 0.29) is 11.3 Å². The van der Waals surface area contributed by atoms with E-state index in [2.05, 4.69) is 15.2 Å². The van der Waals surface area contributed by atoms with Gasteiger partial charge in [-0.05, 0) is 24.3 Å². The number of para-hydroxylation sites is 1. The number of pyridine rings is 1. The fourth-order valence-electron chi connectivity index (χ4n) is 2.84. The third-order valence-corrected chi connectivity index (χ3v) is 4.10. The molecule has 1 heterocycles. The van der Waals surface area contributed by atoms with Crippen molar-refractivity contribution in [2.45, 2.75) is 0 Å². The van der Waals surface area contributed by atoms with Crippen LogP contribution in [0.15, 0.2) is 76.6 Å². The van der Waals surface area contributed by atoms with Gasteiger partial charge in [0.15, 0.2) is 5.70 Å². The number of carboxylic acid groups (broad SMARTS) is 1. The smallest absolute Gasteiger partial charge is 0.340 e. The van der Waals surface area contributed by atoms with E-state index < -0.39 is 28.8 Å². The van der Waals surface area contributed by atoms with E-state index in [0.717, 1.165) is 0 Å². The minimum Gasteiger partial charge on any atom is -0.478 e. The number of rotatable bonds is 3. The monoisotopic (exact) mass is 357 g/mol. The Kier molecular flexibility index (Phi) is 3.89. The van der Waals surface area contributed by atoms with Crippen molar-refractivity contribution in [3.8, 4) is 0 Å². The van der Waals surface area contributed by atoms with Crippen molar-refractivity contribution in [1.82, 2.24) is 4.98 Å². The summed E-state index contributed by atoms with van der Waals surface area (Å²) < 4.78 is 0. The number of carboxylic acids is 1. The molecule has 1 aliphatic rings. The standard InChI is InChI=1S/C20H11N3O4/c24-18-13-10-11-6-4-5-9-14(11)21-16(13)15(20(26)27)17(19(18)25)23-22-12-7-2-1-3-8-12/h1-10H,(H,26,27). The van der Waals surface area contributed by atoms with E-state index in [4.69, 9.17) is 0 Å². The molecule has 0 atom stereocenters. The van der Waals surface area contributed by atoms with Gasteiger partial charge in [-0.3, -0.25) is 9.59 Å². The average molecular weight is 357 g/mol. The predicted octanol–water partition coefficient (Wildman–Crippen LogP) is 3.58. The Morgan fingerprint density at radius 1 is 0.889 bits per heavy atom. The Balaban J connectivity index is 1.96. The van der Waals surface area contributed by atoms with E-state index in [0.29, 0.717) is 16.6 Å². The van der Waals surface area contributed by atoms with Crippen molar-refractivity contribution in [2.24, 2.45) is 10.2 Å². The van der Waals surface area contributed by atoms with Crippen LogP contribution in [0, 0.1) is 0 Å². The van der Waals surface area contributed by atoms with Gasteiger partial charge in [0.25, 0.3) is 5.78 Å². The van der Waals surface area contributed by atoms with Crippen molar-refractivity contribution in [1.29, 1.82) is 0 Å².